The molecule has 0 aliphatic rings. The lowest BCUT2D eigenvalue weighted by Crippen LogP contribution is -2.81. The summed E-state index contributed by atoms with van der Waals surface area (Å²) in [5.41, 5.74) is -12.4. The number of nitrogens with zero attached hydrogens (tertiary/aromatic N) is 2. The first-order valence-electron chi connectivity index (χ1n) is 14.8. The van der Waals surface area contributed by atoms with Crippen molar-refractivity contribution < 1.29 is 97.4 Å². The van der Waals surface area contributed by atoms with Crippen LogP contribution in [-0.2, 0) is 0 Å². The van der Waals surface area contributed by atoms with Crippen LogP contribution in [0.25, 0.3) is 0 Å². The molecule has 5 rings (SSSR count). The molecule has 0 fully saturated rings. The number of nitriles is 1. The van der Waals surface area contributed by atoms with Gasteiger partial charge >= 0.3 is 0 Å². The van der Waals surface area contributed by atoms with Crippen molar-refractivity contribution in [3.05, 3.63) is 133 Å². The standard InChI is InChI=1S/C24BF20.C8H11N2OS/c26-5-1(6(27)14(35)21(42)13(5)34)25(2-7(28)15(36)22(43)16(37)8(2)29,3-9(30)17(38)23(44)18(39)10(3)31)4-11(32)19(40)24(45)20(41)12(4)33;9-4-2-1-3-6-11-10-5-7-12-8-10/h;5,7-8H,1-3,6H2/q-1;+1. The molecule has 304 valence electrons. The Morgan fingerprint density at radius 1 is 0.439 bits per heavy atom. The van der Waals surface area contributed by atoms with Crippen LogP contribution in [0.1, 0.15) is 19.3 Å². The summed E-state index contributed by atoms with van der Waals surface area (Å²) in [5.74, 6) is -71.4. The molecule has 0 saturated heterocycles. The number of hydrogen-bond acceptors (Lipinski definition) is 3. The molecule has 0 spiro atoms. The highest BCUT2D eigenvalue weighted by atomic mass is 32.1. The maximum atomic E-state index is 15.4. The SMILES string of the molecule is Fc1c(F)c(F)c([B-](c2c(F)c(F)c(F)c(F)c2F)(c2c(F)c(F)c(F)c(F)c2F)c2c(F)c(F)c(F)c(F)c2F)c(F)c1F.N#CCCCCO[n+]1ccsc1. The number of benzene rings is 4. The molecule has 5 aromatic rings. The highest BCUT2D eigenvalue weighted by Gasteiger charge is 2.52. The van der Waals surface area contributed by atoms with Crippen LogP contribution < -0.4 is 31.4 Å². The van der Waals surface area contributed by atoms with E-state index in [1.54, 1.807) is 16.1 Å². The average Bonchev–Trinajstić information content (AvgIpc) is 3.71. The van der Waals surface area contributed by atoms with Gasteiger partial charge in [0, 0.05) is 11.2 Å². The second kappa shape index (κ2) is 16.9. The second-order valence-corrected chi connectivity index (χ2v) is 11.9. The fourth-order valence-electron chi connectivity index (χ4n) is 5.65. The van der Waals surface area contributed by atoms with Crippen molar-refractivity contribution in [2.75, 3.05) is 6.61 Å². The summed E-state index contributed by atoms with van der Waals surface area (Å²) in [4.78, 5) is 5.31. The lowest BCUT2D eigenvalue weighted by atomic mass is 9.12. The van der Waals surface area contributed by atoms with Gasteiger partial charge in [0.05, 0.1) is 11.4 Å². The van der Waals surface area contributed by atoms with Gasteiger partial charge in [0.25, 0.3) is 5.51 Å². The molecule has 0 N–H and O–H groups in total. The molecule has 1 aromatic heterocycles. The van der Waals surface area contributed by atoms with Gasteiger partial charge in [0.15, 0.2) is 76.4 Å². The van der Waals surface area contributed by atoms with Crippen LogP contribution >= 0.6 is 11.3 Å². The van der Waals surface area contributed by atoms with E-state index in [-0.39, 0.29) is 0 Å². The minimum atomic E-state index is -7.22. The number of unbranched alkanes of at least 4 members (excludes halogenated alkanes) is 2. The Labute approximate surface area is 307 Å². The number of hydrogen-bond donors (Lipinski definition) is 0. The molecule has 0 aliphatic carbocycles. The molecular formula is C32H11BF20N2OS. The first-order valence-corrected chi connectivity index (χ1v) is 15.7. The molecule has 0 radical (unpaired) electrons. The minimum Gasteiger partial charge on any atom is -0.271 e. The molecule has 0 atom stereocenters. The third kappa shape index (κ3) is 7.18. The van der Waals surface area contributed by atoms with E-state index >= 15 is 35.1 Å². The molecule has 0 amide bonds. The largest absolute Gasteiger partial charge is 0.276 e. The fourth-order valence-corrected chi connectivity index (χ4v) is 6.16. The Morgan fingerprint density at radius 3 is 0.930 bits per heavy atom. The zero-order valence-electron chi connectivity index (χ0n) is 26.9. The molecule has 25 heteroatoms. The van der Waals surface area contributed by atoms with Crippen molar-refractivity contribution >= 4 is 39.3 Å². The van der Waals surface area contributed by atoms with Crippen LogP contribution in [0.15, 0.2) is 17.1 Å². The molecule has 0 aliphatic heterocycles. The molecule has 4 aromatic carbocycles. The lowest BCUT2D eigenvalue weighted by molar-refractivity contribution is -0.888. The van der Waals surface area contributed by atoms with Gasteiger partial charge in [-0.15, -0.1) is 21.9 Å². The van der Waals surface area contributed by atoms with Gasteiger partial charge in [-0.05, 0) is 12.8 Å². The molecule has 0 bridgehead atoms. The summed E-state index contributed by atoms with van der Waals surface area (Å²) in [6.45, 7) is 0.684. The first kappa shape index (κ1) is 44.2. The fraction of sp³-hybridized carbons (Fsp3) is 0.125. The van der Waals surface area contributed by atoms with Crippen LogP contribution in [0.3, 0.4) is 0 Å². The smallest absolute Gasteiger partial charge is 0.271 e. The quantitative estimate of drug-likeness (QED) is 0.0400. The Hall–Kier alpha value is -5.54. The van der Waals surface area contributed by atoms with E-state index in [0.717, 1.165) is 12.8 Å². The summed E-state index contributed by atoms with van der Waals surface area (Å²) in [6, 6.07) is 2.10. The molecular weight excluding hydrogens is 851 g/mol. The topological polar surface area (TPSA) is 36.9 Å². The number of halogens is 20. The number of aromatic nitrogens is 1. The van der Waals surface area contributed by atoms with Gasteiger partial charge in [-0.2, -0.15) is 5.26 Å². The summed E-state index contributed by atoms with van der Waals surface area (Å²) in [5, 5.41) is 10.2. The molecule has 57 heavy (non-hydrogen) atoms. The maximum Gasteiger partial charge on any atom is 0.276 e. The van der Waals surface area contributed by atoms with Crippen molar-refractivity contribution in [1.29, 1.82) is 5.26 Å². The van der Waals surface area contributed by atoms with Crippen LogP contribution in [-0.4, -0.2) is 12.8 Å². The van der Waals surface area contributed by atoms with Gasteiger partial charge in [-0.1, -0.05) is 11.3 Å². The Morgan fingerprint density at radius 2 is 0.702 bits per heavy atom. The highest BCUT2D eigenvalue weighted by Crippen LogP contribution is 2.30. The van der Waals surface area contributed by atoms with Crippen molar-refractivity contribution in [3.63, 3.8) is 0 Å². The highest BCUT2D eigenvalue weighted by molar-refractivity contribution is 7.20. The van der Waals surface area contributed by atoms with Crippen molar-refractivity contribution in [1.82, 2.24) is 0 Å². The number of rotatable bonds is 9. The van der Waals surface area contributed by atoms with Crippen LogP contribution in [0.4, 0.5) is 87.8 Å². The Balaban J connectivity index is 0.000000512. The lowest BCUT2D eigenvalue weighted by Gasteiger charge is -2.44. The summed E-state index contributed by atoms with van der Waals surface area (Å²) in [7, 11) is 0. The zero-order valence-corrected chi connectivity index (χ0v) is 27.7. The van der Waals surface area contributed by atoms with E-state index in [0.29, 0.717) is 13.0 Å². The minimum absolute atomic E-state index is 0.623. The maximum absolute atomic E-state index is 15.4. The van der Waals surface area contributed by atoms with Gasteiger partial charge in [-0.25, -0.2) is 87.8 Å². The number of thiazole rings is 1. The third-order valence-corrected chi connectivity index (χ3v) is 8.69. The Bertz CT molecular complexity index is 2040. The van der Waals surface area contributed by atoms with E-state index in [4.69, 9.17) is 10.1 Å². The summed E-state index contributed by atoms with van der Waals surface area (Å²) < 4.78 is 296. The van der Waals surface area contributed by atoms with Gasteiger partial charge in [0.2, 0.25) is 6.20 Å². The van der Waals surface area contributed by atoms with Gasteiger partial charge in [0.1, 0.15) is 52.7 Å². The van der Waals surface area contributed by atoms with E-state index in [9.17, 15) is 52.7 Å². The zero-order chi connectivity index (χ0) is 43.0. The third-order valence-electron chi connectivity index (χ3n) is 8.08. The predicted octanol–water partition coefficient (Wildman–Crippen LogP) is 7.00. The van der Waals surface area contributed by atoms with Crippen molar-refractivity contribution in [2.24, 2.45) is 0 Å². The van der Waals surface area contributed by atoms with Crippen LogP contribution in [0, 0.1) is 128 Å². The van der Waals surface area contributed by atoms with E-state index in [2.05, 4.69) is 6.07 Å². The summed E-state index contributed by atoms with van der Waals surface area (Å²) in [6.07, 6.45) is -2.87. The first-order chi connectivity index (χ1) is 26.6. The van der Waals surface area contributed by atoms with E-state index < -0.39 is 144 Å². The average molecular weight is 862 g/mol. The van der Waals surface area contributed by atoms with Crippen LogP contribution in [0.2, 0.25) is 0 Å². The van der Waals surface area contributed by atoms with Gasteiger partial charge < -0.3 is 0 Å². The normalized spacial score (nSPS) is 11.4. The van der Waals surface area contributed by atoms with E-state index in [1.807, 2.05) is 17.1 Å². The summed E-state index contributed by atoms with van der Waals surface area (Å²) >= 11 is 1.59. The molecule has 3 nitrogen and oxygen atoms in total. The van der Waals surface area contributed by atoms with Crippen molar-refractivity contribution in [2.45, 2.75) is 19.3 Å². The van der Waals surface area contributed by atoms with E-state index in [1.165, 1.54) is 0 Å². The Kier molecular flexibility index (Phi) is 13.1. The molecule has 0 unspecified atom stereocenters. The van der Waals surface area contributed by atoms with Crippen LogP contribution in [0.5, 0.6) is 0 Å². The predicted molar refractivity (Wildman–Crippen MR) is 155 cm³/mol. The monoisotopic (exact) mass is 862 g/mol. The second-order valence-electron chi connectivity index (χ2n) is 11.1. The van der Waals surface area contributed by atoms with Gasteiger partial charge in [-0.3, -0.25) is 4.84 Å². The van der Waals surface area contributed by atoms with Crippen molar-refractivity contribution in [3.8, 4) is 6.07 Å². The molecule has 1 heterocycles. The molecule has 0 saturated carbocycles.